The number of aliphatic carboxylic acids is 1. The molecule has 1 unspecified atom stereocenters. The molecule has 0 bridgehead atoms. The van der Waals surface area contributed by atoms with E-state index in [2.05, 4.69) is 36.2 Å². The van der Waals surface area contributed by atoms with Gasteiger partial charge in [0.15, 0.2) is 0 Å². The van der Waals surface area contributed by atoms with Crippen molar-refractivity contribution in [3.63, 3.8) is 0 Å². The number of rotatable bonds is 8. The van der Waals surface area contributed by atoms with E-state index in [-0.39, 0.29) is 12.0 Å². The van der Waals surface area contributed by atoms with Crippen molar-refractivity contribution < 1.29 is 14.6 Å². The monoisotopic (exact) mass is 348 g/mol. The highest BCUT2D eigenvalue weighted by Crippen LogP contribution is 2.28. The molecule has 0 radical (unpaired) electrons. The van der Waals surface area contributed by atoms with Crippen molar-refractivity contribution in [2.75, 3.05) is 13.7 Å². The van der Waals surface area contributed by atoms with Gasteiger partial charge in [-0.15, -0.1) is 0 Å². The molecule has 25 heavy (non-hydrogen) atoms. The summed E-state index contributed by atoms with van der Waals surface area (Å²) in [4.78, 5) is 14.1. The van der Waals surface area contributed by atoms with Crippen molar-refractivity contribution in [1.82, 2.24) is 10.2 Å². The minimum atomic E-state index is -0.678. The molecule has 1 saturated heterocycles. The van der Waals surface area contributed by atoms with Crippen LogP contribution in [0, 0.1) is 5.92 Å². The molecule has 0 saturated carbocycles. The minimum Gasteiger partial charge on any atom is -0.497 e. The van der Waals surface area contributed by atoms with Crippen LogP contribution in [0.1, 0.15) is 45.6 Å². The van der Waals surface area contributed by atoms with Crippen LogP contribution in [0.15, 0.2) is 24.3 Å². The van der Waals surface area contributed by atoms with E-state index in [1.807, 2.05) is 19.1 Å². The Balaban J connectivity index is 2.15. The van der Waals surface area contributed by atoms with Gasteiger partial charge in [0.05, 0.1) is 13.0 Å². The molecule has 1 aromatic rings. The van der Waals surface area contributed by atoms with Crippen LogP contribution in [0.3, 0.4) is 0 Å². The van der Waals surface area contributed by atoms with Crippen molar-refractivity contribution in [2.45, 2.75) is 64.7 Å². The molecule has 5 heteroatoms. The van der Waals surface area contributed by atoms with Crippen molar-refractivity contribution in [3.05, 3.63) is 29.8 Å². The summed E-state index contributed by atoms with van der Waals surface area (Å²) in [7, 11) is 1.66. The van der Waals surface area contributed by atoms with E-state index in [0.29, 0.717) is 18.5 Å². The maximum atomic E-state index is 11.7. The number of nitrogens with one attached hydrogen (secondary N) is 1. The van der Waals surface area contributed by atoms with Crippen LogP contribution in [0.5, 0.6) is 5.75 Å². The lowest BCUT2D eigenvalue weighted by molar-refractivity contribution is -0.145. The van der Waals surface area contributed by atoms with Crippen LogP contribution in [0.4, 0.5) is 0 Å². The van der Waals surface area contributed by atoms with Crippen LogP contribution >= 0.6 is 0 Å². The molecule has 3 atom stereocenters. The highest BCUT2D eigenvalue weighted by atomic mass is 16.5. The number of hydrogen-bond donors (Lipinski definition) is 2. The number of hydrogen-bond acceptors (Lipinski definition) is 4. The molecule has 1 fully saturated rings. The number of likely N-dealkylation sites (tertiary alicyclic amines) is 1. The zero-order valence-corrected chi connectivity index (χ0v) is 15.9. The number of carboxylic acids is 1. The average molecular weight is 348 g/mol. The highest BCUT2D eigenvalue weighted by Gasteiger charge is 2.36. The third-order valence-electron chi connectivity index (χ3n) is 5.07. The summed E-state index contributed by atoms with van der Waals surface area (Å²) in [5.41, 5.74) is 1.19. The smallest absolute Gasteiger partial charge is 0.308 e. The van der Waals surface area contributed by atoms with Gasteiger partial charge in [-0.25, -0.2) is 0 Å². The molecule has 0 spiro atoms. The molecule has 1 aliphatic rings. The summed E-state index contributed by atoms with van der Waals surface area (Å²) < 4.78 is 5.23. The molecule has 2 rings (SSSR count). The van der Waals surface area contributed by atoms with Gasteiger partial charge in [-0.05, 0) is 37.0 Å². The van der Waals surface area contributed by atoms with Crippen molar-refractivity contribution in [3.8, 4) is 5.75 Å². The number of carboxylic acid groups (broad SMARTS) is 1. The van der Waals surface area contributed by atoms with Crippen LogP contribution in [0.25, 0.3) is 0 Å². The minimum absolute atomic E-state index is 0.0924. The Kier molecular flexibility index (Phi) is 7.26. The van der Waals surface area contributed by atoms with Crippen molar-refractivity contribution >= 4 is 5.97 Å². The fourth-order valence-corrected chi connectivity index (χ4v) is 3.89. The highest BCUT2D eigenvalue weighted by molar-refractivity contribution is 5.70. The second-order valence-corrected chi connectivity index (χ2v) is 7.29. The number of benzene rings is 1. The lowest BCUT2D eigenvalue weighted by atomic mass is 9.86. The Morgan fingerprint density at radius 1 is 1.32 bits per heavy atom. The predicted octanol–water partition coefficient (Wildman–Crippen LogP) is 3.14. The normalized spacial score (nSPS) is 22.8. The van der Waals surface area contributed by atoms with Crippen LogP contribution < -0.4 is 10.1 Å². The molecule has 5 nitrogen and oxygen atoms in total. The first-order valence-corrected chi connectivity index (χ1v) is 9.30. The molecular weight excluding hydrogens is 316 g/mol. The Hall–Kier alpha value is -1.59. The zero-order valence-electron chi connectivity index (χ0n) is 15.9. The fraction of sp³-hybridized carbons (Fsp3) is 0.650. The van der Waals surface area contributed by atoms with Gasteiger partial charge in [0, 0.05) is 31.2 Å². The first-order valence-electron chi connectivity index (χ1n) is 9.30. The number of methoxy groups -OCH3 is 1. The van der Waals surface area contributed by atoms with Gasteiger partial charge in [-0.1, -0.05) is 32.9 Å². The Morgan fingerprint density at radius 3 is 2.52 bits per heavy atom. The number of ether oxygens (including phenoxy) is 1. The first kappa shape index (κ1) is 19.7. The number of nitrogens with zero attached hydrogens (tertiary/aromatic N) is 1. The van der Waals surface area contributed by atoms with Gasteiger partial charge >= 0.3 is 5.97 Å². The molecule has 1 heterocycles. The van der Waals surface area contributed by atoms with Gasteiger partial charge in [-0.3, -0.25) is 9.69 Å². The van der Waals surface area contributed by atoms with E-state index in [9.17, 15) is 9.90 Å². The summed E-state index contributed by atoms with van der Waals surface area (Å²) in [6.45, 7) is 7.95. The molecular formula is C20H32N2O3. The van der Waals surface area contributed by atoms with E-state index >= 15 is 0 Å². The molecule has 0 aromatic heterocycles. The third kappa shape index (κ3) is 5.44. The van der Waals surface area contributed by atoms with Gasteiger partial charge in [0.2, 0.25) is 0 Å². The molecule has 1 aliphatic heterocycles. The first-order chi connectivity index (χ1) is 11.9. The Morgan fingerprint density at radius 2 is 2.00 bits per heavy atom. The van der Waals surface area contributed by atoms with Gasteiger partial charge in [0.1, 0.15) is 5.75 Å². The predicted molar refractivity (Wildman–Crippen MR) is 99.9 cm³/mol. The third-order valence-corrected chi connectivity index (χ3v) is 5.07. The molecule has 0 aliphatic carbocycles. The fourth-order valence-electron chi connectivity index (χ4n) is 3.89. The molecule has 0 amide bonds. The second kappa shape index (κ2) is 9.20. The van der Waals surface area contributed by atoms with Gasteiger partial charge in [-0.2, -0.15) is 0 Å². The lowest BCUT2D eigenvalue weighted by Gasteiger charge is -2.43. The SMILES string of the molecule is CCC(C(=O)O)[C@@H]1CC[C@@H](NC(C)C)CN1Cc1ccc(OC)cc1. The topological polar surface area (TPSA) is 61.8 Å². The Labute approximate surface area is 151 Å². The van der Waals surface area contributed by atoms with E-state index in [1.54, 1.807) is 7.11 Å². The van der Waals surface area contributed by atoms with Gasteiger partial charge < -0.3 is 15.2 Å². The maximum absolute atomic E-state index is 11.7. The van der Waals surface area contributed by atoms with Crippen molar-refractivity contribution in [2.24, 2.45) is 5.92 Å². The molecule has 2 N–H and O–H groups in total. The largest absolute Gasteiger partial charge is 0.497 e. The quantitative estimate of drug-likeness (QED) is 0.756. The number of carbonyl (C=O) groups is 1. The van der Waals surface area contributed by atoms with Crippen LogP contribution in [-0.4, -0.2) is 47.8 Å². The summed E-state index contributed by atoms with van der Waals surface area (Å²) in [6.07, 6.45) is 2.62. The maximum Gasteiger partial charge on any atom is 0.308 e. The average Bonchev–Trinajstić information content (AvgIpc) is 2.57. The number of piperidine rings is 1. The van der Waals surface area contributed by atoms with E-state index in [1.165, 1.54) is 5.56 Å². The van der Waals surface area contributed by atoms with Gasteiger partial charge in [0.25, 0.3) is 0 Å². The van der Waals surface area contributed by atoms with Crippen molar-refractivity contribution in [1.29, 1.82) is 0 Å². The van der Waals surface area contributed by atoms with E-state index in [4.69, 9.17) is 4.74 Å². The van der Waals surface area contributed by atoms with Crippen LogP contribution in [0.2, 0.25) is 0 Å². The van der Waals surface area contributed by atoms with E-state index < -0.39 is 5.97 Å². The zero-order chi connectivity index (χ0) is 18.4. The second-order valence-electron chi connectivity index (χ2n) is 7.29. The summed E-state index contributed by atoms with van der Waals surface area (Å²) in [5.74, 6) is -0.143. The lowest BCUT2D eigenvalue weighted by Crippen LogP contribution is -2.54. The summed E-state index contributed by atoms with van der Waals surface area (Å²) in [5, 5.41) is 13.2. The summed E-state index contributed by atoms with van der Waals surface area (Å²) in [6, 6.07) is 9.01. The Bertz CT molecular complexity index is 544. The standard InChI is InChI=1S/C20H32N2O3/c1-5-18(20(23)24)19-11-8-16(21-14(2)3)13-22(19)12-15-6-9-17(25-4)10-7-15/h6-7,9-10,14,16,18-19,21H,5,8,11-13H2,1-4H3,(H,23,24)/t16-,18?,19+/m1/s1. The summed E-state index contributed by atoms with van der Waals surface area (Å²) >= 11 is 0. The molecule has 1 aromatic carbocycles. The van der Waals surface area contributed by atoms with E-state index in [0.717, 1.165) is 31.7 Å². The van der Waals surface area contributed by atoms with Crippen LogP contribution in [-0.2, 0) is 11.3 Å². The molecule has 140 valence electrons.